The third-order valence-corrected chi connectivity index (χ3v) is 11.1. The number of alkyl carbamates (subject to hydrolysis) is 1. The van der Waals surface area contributed by atoms with Gasteiger partial charge in [0, 0.05) is 29.5 Å². The number of H-pyrrole nitrogens is 1. The van der Waals surface area contributed by atoms with Gasteiger partial charge in [-0.05, 0) is 66.8 Å². The van der Waals surface area contributed by atoms with Crippen molar-refractivity contribution in [3.8, 4) is 0 Å². The Morgan fingerprint density at radius 2 is 1.93 bits per heavy atom. The first-order chi connectivity index (χ1) is 21.2. The van der Waals surface area contributed by atoms with Crippen LogP contribution in [-0.2, 0) is 24.5 Å². The van der Waals surface area contributed by atoms with Crippen LogP contribution >= 0.6 is 11.6 Å². The molecule has 2 saturated heterocycles. The van der Waals surface area contributed by atoms with Crippen molar-refractivity contribution < 1.29 is 23.9 Å². The first-order valence-electron chi connectivity index (χ1n) is 15.4. The lowest BCUT2D eigenvalue weighted by Crippen LogP contribution is -2.57. The number of benzene rings is 2. The predicted molar refractivity (Wildman–Crippen MR) is 164 cm³/mol. The van der Waals surface area contributed by atoms with Crippen LogP contribution in [0.25, 0.3) is 11.0 Å². The molecule has 2 aliphatic heterocycles. The molecule has 3 aromatic rings. The molecule has 4 aliphatic rings. The number of aromatic nitrogens is 2. The van der Waals surface area contributed by atoms with Gasteiger partial charge in [-0.2, -0.15) is 0 Å². The second-order valence-corrected chi connectivity index (χ2v) is 13.8. The van der Waals surface area contributed by atoms with Gasteiger partial charge >= 0.3 is 6.09 Å². The van der Waals surface area contributed by atoms with E-state index in [1.54, 1.807) is 0 Å². The van der Waals surface area contributed by atoms with Gasteiger partial charge in [0.15, 0.2) is 0 Å². The van der Waals surface area contributed by atoms with Gasteiger partial charge in [0.2, 0.25) is 11.8 Å². The van der Waals surface area contributed by atoms with Crippen molar-refractivity contribution in [3.05, 3.63) is 64.4 Å². The largest absolute Gasteiger partial charge is 0.453 e. The number of hydrogen-bond donors (Lipinski definition) is 4. The number of hydrogen-bond acceptors (Lipinski definition) is 6. The van der Waals surface area contributed by atoms with Gasteiger partial charge in [-0.25, -0.2) is 9.78 Å². The predicted octanol–water partition coefficient (Wildman–Crippen LogP) is 4.64. The van der Waals surface area contributed by atoms with E-state index in [9.17, 15) is 14.4 Å². The van der Waals surface area contributed by atoms with Crippen LogP contribution in [-0.4, -0.2) is 60.8 Å². The maximum absolute atomic E-state index is 14.0. The topological polar surface area (TPSA) is 134 Å². The fourth-order valence-electron chi connectivity index (χ4n) is 7.60. The minimum Gasteiger partial charge on any atom is -0.453 e. The Morgan fingerprint density at radius 1 is 1.14 bits per heavy atom. The summed E-state index contributed by atoms with van der Waals surface area (Å²) >= 11 is 6.72. The monoisotopic (exact) mass is 619 g/mol. The highest BCUT2D eigenvalue weighted by molar-refractivity contribution is 6.31. The van der Waals surface area contributed by atoms with Crippen molar-refractivity contribution in [2.75, 3.05) is 26.9 Å². The van der Waals surface area contributed by atoms with Gasteiger partial charge in [0.05, 0.1) is 36.2 Å². The molecule has 2 saturated carbocycles. The molecule has 1 aromatic heterocycles. The van der Waals surface area contributed by atoms with Gasteiger partial charge in [-0.3, -0.25) is 9.59 Å². The molecule has 0 bridgehead atoms. The molecule has 10 nitrogen and oxygen atoms in total. The number of halogens is 1. The van der Waals surface area contributed by atoms with E-state index >= 15 is 0 Å². The Balaban J connectivity index is 1.25. The summed E-state index contributed by atoms with van der Waals surface area (Å²) in [7, 11) is 1.34. The van der Waals surface area contributed by atoms with Crippen molar-refractivity contribution in [2.24, 2.45) is 10.8 Å². The molecule has 4 N–H and O–H groups in total. The van der Waals surface area contributed by atoms with Gasteiger partial charge in [0.1, 0.15) is 11.9 Å². The summed E-state index contributed by atoms with van der Waals surface area (Å²) in [6.45, 7) is 3.49. The van der Waals surface area contributed by atoms with Crippen molar-refractivity contribution in [3.63, 3.8) is 0 Å². The van der Waals surface area contributed by atoms with Crippen LogP contribution in [0.2, 0.25) is 5.02 Å². The minimum atomic E-state index is -0.932. The summed E-state index contributed by atoms with van der Waals surface area (Å²) in [5, 5.41) is 9.77. The lowest BCUT2D eigenvalue weighted by atomic mass is 9.65. The molecule has 44 heavy (non-hydrogen) atoms. The highest BCUT2D eigenvalue weighted by Gasteiger charge is 2.55. The summed E-state index contributed by atoms with van der Waals surface area (Å²) in [6.07, 6.45) is 4.85. The Bertz CT molecular complexity index is 1620. The van der Waals surface area contributed by atoms with Crippen molar-refractivity contribution in [2.45, 2.75) is 68.9 Å². The molecule has 4 atom stereocenters. The Hall–Kier alpha value is -3.63. The number of rotatable bonds is 8. The maximum atomic E-state index is 14.0. The highest BCUT2D eigenvalue weighted by atomic mass is 35.5. The van der Waals surface area contributed by atoms with Crippen LogP contribution in [0.15, 0.2) is 42.5 Å². The molecule has 1 unspecified atom stereocenters. The molecule has 0 radical (unpaired) electrons. The first-order valence-corrected chi connectivity index (χ1v) is 15.8. The zero-order valence-electron chi connectivity index (χ0n) is 25.0. The third-order valence-electron chi connectivity index (χ3n) is 10.7. The van der Waals surface area contributed by atoms with Crippen molar-refractivity contribution in [1.29, 1.82) is 0 Å². The molecule has 3 amide bonds. The van der Waals surface area contributed by atoms with E-state index in [-0.39, 0.29) is 35.2 Å². The number of carbonyl (C=O) groups excluding carboxylic acids is 3. The minimum absolute atomic E-state index is 0.0888. The summed E-state index contributed by atoms with van der Waals surface area (Å²) < 4.78 is 10.8. The van der Waals surface area contributed by atoms with Crippen LogP contribution in [0.3, 0.4) is 0 Å². The second-order valence-electron chi connectivity index (χ2n) is 13.3. The summed E-state index contributed by atoms with van der Waals surface area (Å²) in [6, 6.07) is 12.4. The fourth-order valence-corrected chi connectivity index (χ4v) is 7.85. The van der Waals surface area contributed by atoms with Crippen LogP contribution in [0, 0.1) is 10.8 Å². The fraction of sp³-hybridized carbons (Fsp3) is 0.515. The van der Waals surface area contributed by atoms with E-state index in [1.165, 1.54) is 7.11 Å². The van der Waals surface area contributed by atoms with Crippen molar-refractivity contribution in [1.82, 2.24) is 25.9 Å². The number of ether oxygens (including phenoxy) is 2. The molecular weight excluding hydrogens is 582 g/mol. The van der Waals surface area contributed by atoms with Crippen LogP contribution in [0.5, 0.6) is 0 Å². The molecule has 4 fully saturated rings. The Morgan fingerprint density at radius 3 is 2.59 bits per heavy atom. The van der Waals surface area contributed by atoms with E-state index < -0.39 is 23.6 Å². The van der Waals surface area contributed by atoms with E-state index in [4.69, 9.17) is 26.1 Å². The Kier molecular flexibility index (Phi) is 7.12. The standard InChI is InChI=1S/C33H38ClN5O5/c1-31(12-13-31)24(20-6-3-4-7-21(20)34)25(38-30(42)43-2)27-36-22-9-8-19(16-23(22)37-27)33(14-15-44-18-33)29(41)39-26-28(40)35-17-32(26)10-5-11-32/h3-4,6-9,16,24-26H,5,10-15,17-18H2,1-2H3,(H,35,40)(H,36,37)(H,38,42)(H,39,41)/t24-,25-,26-,33?/m0/s1. The second kappa shape index (κ2) is 10.8. The normalized spacial score (nSPS) is 26.1. The molecule has 7 rings (SSSR count). The third kappa shape index (κ3) is 4.74. The number of carbonyl (C=O) groups is 3. The van der Waals surface area contributed by atoms with Crippen molar-refractivity contribution >= 4 is 40.5 Å². The van der Waals surface area contributed by atoms with Gasteiger partial charge in [-0.15, -0.1) is 0 Å². The number of nitrogens with zero attached hydrogens (tertiary/aromatic N) is 1. The molecule has 2 aliphatic carbocycles. The molecule has 3 heterocycles. The average Bonchev–Trinajstić information content (AvgIpc) is 3.36. The lowest BCUT2D eigenvalue weighted by Gasteiger charge is -2.42. The van der Waals surface area contributed by atoms with Crippen LogP contribution in [0.4, 0.5) is 4.79 Å². The zero-order valence-corrected chi connectivity index (χ0v) is 25.8. The van der Waals surface area contributed by atoms with E-state index in [0.717, 1.165) is 48.7 Å². The van der Waals surface area contributed by atoms with Gasteiger partial charge in [0.25, 0.3) is 0 Å². The number of nitrogens with one attached hydrogen (secondary N) is 4. The number of fused-ring (bicyclic) bond motifs is 1. The molecule has 232 valence electrons. The average molecular weight is 620 g/mol. The zero-order chi connectivity index (χ0) is 30.7. The molecular formula is C33H38ClN5O5. The number of imidazole rings is 1. The lowest BCUT2D eigenvalue weighted by molar-refractivity contribution is -0.133. The smallest absolute Gasteiger partial charge is 0.407 e. The molecule has 1 spiro atoms. The van der Waals surface area contributed by atoms with Gasteiger partial charge in [-0.1, -0.05) is 49.2 Å². The summed E-state index contributed by atoms with van der Waals surface area (Å²) in [5.74, 6) is 0.124. The highest BCUT2D eigenvalue weighted by Crippen LogP contribution is 2.60. The summed E-state index contributed by atoms with van der Waals surface area (Å²) in [4.78, 5) is 47.8. The molecule has 2 aromatic carbocycles. The van der Waals surface area contributed by atoms with Crippen LogP contribution < -0.4 is 16.0 Å². The van der Waals surface area contributed by atoms with E-state index in [1.807, 2.05) is 42.5 Å². The van der Waals surface area contributed by atoms with Gasteiger partial charge < -0.3 is 30.4 Å². The quantitative estimate of drug-likeness (QED) is 0.290. The number of methoxy groups -OCH3 is 1. The van der Waals surface area contributed by atoms with Crippen LogP contribution in [0.1, 0.15) is 74.4 Å². The SMILES string of the molecule is COC(=O)N[C@H](c1nc2ccc(C3(C(=O)N[C@H]4C(=O)NCC45CCC5)CCOC3)cc2[nH]1)[C@H](c1ccccc1Cl)C1(C)CC1. The molecule has 11 heteroatoms. The van der Waals surface area contributed by atoms with E-state index in [2.05, 4.69) is 27.9 Å². The van der Waals surface area contributed by atoms with E-state index in [0.29, 0.717) is 35.9 Å². The number of amides is 3. The summed E-state index contributed by atoms with van der Waals surface area (Å²) in [5.41, 5.74) is 1.97. The number of aromatic amines is 1. The first kappa shape index (κ1) is 29.1. The maximum Gasteiger partial charge on any atom is 0.407 e. The Labute approximate surface area is 261 Å².